The number of ether oxygens (including phenoxy) is 1. The Hall–Kier alpha value is -2.08. The van der Waals surface area contributed by atoms with E-state index in [0.717, 1.165) is 11.1 Å². The number of aliphatic hydroxyl groups is 1. The highest BCUT2D eigenvalue weighted by molar-refractivity contribution is 6.32. The van der Waals surface area contributed by atoms with Gasteiger partial charge in [0.05, 0.1) is 17.2 Å². The topological polar surface area (TPSA) is 70.6 Å². The molecule has 2 aromatic rings. The molecular weight excluding hydrogens is 340 g/mol. The van der Waals surface area contributed by atoms with Gasteiger partial charge in [0.25, 0.3) is 0 Å². The molecule has 3 N–H and O–H groups in total. The van der Waals surface area contributed by atoms with Crippen molar-refractivity contribution in [2.45, 2.75) is 31.7 Å². The zero-order valence-corrected chi connectivity index (χ0v) is 14.5. The molecule has 2 aromatic carbocycles. The lowest BCUT2D eigenvalue weighted by atomic mass is 10.1. The Kier molecular flexibility index (Phi) is 5.91. The molecule has 132 valence electrons. The zero-order valence-electron chi connectivity index (χ0n) is 13.7. The number of rotatable bonds is 6. The van der Waals surface area contributed by atoms with Gasteiger partial charge in [0, 0.05) is 13.1 Å². The molecule has 1 aliphatic heterocycles. The van der Waals surface area contributed by atoms with Crippen LogP contribution in [0.5, 0.6) is 5.75 Å². The number of amides is 1. The molecule has 0 bridgehead atoms. The molecule has 2 atom stereocenters. The van der Waals surface area contributed by atoms with Crippen LogP contribution >= 0.6 is 11.6 Å². The van der Waals surface area contributed by atoms with Gasteiger partial charge in [-0.15, -0.1) is 0 Å². The van der Waals surface area contributed by atoms with Crippen LogP contribution in [0, 0.1) is 0 Å². The lowest BCUT2D eigenvalue weighted by Gasteiger charge is -2.14. The maximum absolute atomic E-state index is 12.2. The van der Waals surface area contributed by atoms with Crippen LogP contribution in [-0.4, -0.2) is 29.7 Å². The first kappa shape index (κ1) is 17.7. The molecule has 3 rings (SSSR count). The summed E-state index contributed by atoms with van der Waals surface area (Å²) >= 11 is 6.11. The summed E-state index contributed by atoms with van der Waals surface area (Å²) in [5.41, 5.74) is 1.98. The van der Waals surface area contributed by atoms with E-state index in [1.165, 1.54) is 0 Å². The van der Waals surface area contributed by atoms with Gasteiger partial charge < -0.3 is 20.5 Å². The van der Waals surface area contributed by atoms with E-state index in [9.17, 15) is 9.90 Å². The lowest BCUT2D eigenvalue weighted by molar-refractivity contribution is -0.123. The molecule has 0 spiro atoms. The fourth-order valence-corrected chi connectivity index (χ4v) is 3.00. The molecule has 0 aliphatic carbocycles. The van der Waals surface area contributed by atoms with E-state index in [1.54, 1.807) is 6.07 Å². The second-order valence-corrected chi connectivity index (χ2v) is 6.46. The van der Waals surface area contributed by atoms with Crippen LogP contribution in [0.1, 0.15) is 17.5 Å². The van der Waals surface area contributed by atoms with Crippen LogP contribution < -0.4 is 15.4 Å². The second-order valence-electron chi connectivity index (χ2n) is 6.06. The SMILES string of the molecule is O=C(NCc1ccccc1COc1ccccc1Cl)C1CC(O)CN1. The van der Waals surface area contributed by atoms with Gasteiger partial charge in [0.1, 0.15) is 12.4 Å². The Morgan fingerprint density at radius 3 is 2.64 bits per heavy atom. The van der Waals surface area contributed by atoms with Crippen molar-refractivity contribution in [3.05, 3.63) is 64.7 Å². The molecule has 1 heterocycles. The molecule has 1 amide bonds. The molecule has 5 nitrogen and oxygen atoms in total. The summed E-state index contributed by atoms with van der Waals surface area (Å²) in [5.74, 6) is 0.533. The quantitative estimate of drug-likeness (QED) is 0.739. The second kappa shape index (κ2) is 8.34. The molecule has 6 heteroatoms. The predicted molar refractivity (Wildman–Crippen MR) is 96.5 cm³/mol. The summed E-state index contributed by atoms with van der Waals surface area (Å²) in [6, 6.07) is 14.8. The van der Waals surface area contributed by atoms with Gasteiger partial charge in [-0.3, -0.25) is 4.79 Å². The summed E-state index contributed by atoms with van der Waals surface area (Å²) in [4.78, 5) is 12.2. The fraction of sp³-hybridized carbons (Fsp3) is 0.316. The number of aliphatic hydroxyl groups excluding tert-OH is 1. The number of nitrogens with one attached hydrogen (secondary N) is 2. The van der Waals surface area contributed by atoms with Crippen LogP contribution in [-0.2, 0) is 17.9 Å². The number of β-amino-alcohol motifs (C(OH)–C–C–N with tert-alkyl or cyclic N) is 1. The normalized spacial score (nSPS) is 19.6. The molecule has 1 aliphatic rings. The summed E-state index contributed by atoms with van der Waals surface area (Å²) in [6.07, 6.45) is -0.00428. The smallest absolute Gasteiger partial charge is 0.237 e. The number of hydrogen-bond acceptors (Lipinski definition) is 4. The fourth-order valence-electron chi connectivity index (χ4n) is 2.81. The Labute approximate surface area is 152 Å². The van der Waals surface area contributed by atoms with Gasteiger partial charge in [0.2, 0.25) is 5.91 Å². The largest absolute Gasteiger partial charge is 0.487 e. The third-order valence-electron chi connectivity index (χ3n) is 4.22. The first-order chi connectivity index (χ1) is 12.1. The van der Waals surface area contributed by atoms with E-state index in [-0.39, 0.29) is 11.9 Å². The van der Waals surface area contributed by atoms with E-state index >= 15 is 0 Å². The highest BCUT2D eigenvalue weighted by Crippen LogP contribution is 2.24. The number of benzene rings is 2. The molecule has 0 aromatic heterocycles. The maximum Gasteiger partial charge on any atom is 0.237 e. The number of carbonyl (C=O) groups is 1. The average molecular weight is 361 g/mol. The molecule has 0 radical (unpaired) electrons. The highest BCUT2D eigenvalue weighted by atomic mass is 35.5. The highest BCUT2D eigenvalue weighted by Gasteiger charge is 2.27. The molecule has 25 heavy (non-hydrogen) atoms. The van der Waals surface area contributed by atoms with Gasteiger partial charge in [-0.25, -0.2) is 0 Å². The Bertz CT molecular complexity index is 738. The number of hydrogen-bond donors (Lipinski definition) is 3. The van der Waals surface area contributed by atoms with Gasteiger partial charge in [0.15, 0.2) is 0 Å². The van der Waals surface area contributed by atoms with E-state index in [0.29, 0.717) is 36.9 Å². The third kappa shape index (κ3) is 4.72. The van der Waals surface area contributed by atoms with E-state index in [1.807, 2.05) is 42.5 Å². The first-order valence-corrected chi connectivity index (χ1v) is 8.64. The minimum absolute atomic E-state index is 0.0987. The van der Waals surface area contributed by atoms with Gasteiger partial charge in [-0.1, -0.05) is 48.0 Å². The summed E-state index contributed by atoms with van der Waals surface area (Å²) in [6.45, 7) is 1.24. The number of halogens is 1. The third-order valence-corrected chi connectivity index (χ3v) is 4.53. The van der Waals surface area contributed by atoms with Crippen LogP contribution in [0.3, 0.4) is 0 Å². The van der Waals surface area contributed by atoms with Crippen LogP contribution in [0.4, 0.5) is 0 Å². The number of carbonyl (C=O) groups excluding carboxylic acids is 1. The molecular formula is C19H21ClN2O3. The summed E-state index contributed by atoms with van der Waals surface area (Å²) in [7, 11) is 0. The molecule has 1 saturated heterocycles. The predicted octanol–water partition coefficient (Wildman–Crippen LogP) is 2.26. The summed E-state index contributed by atoms with van der Waals surface area (Å²) in [5, 5.41) is 16.0. The maximum atomic E-state index is 12.2. The van der Waals surface area contributed by atoms with Crippen molar-refractivity contribution in [2.75, 3.05) is 6.54 Å². The minimum atomic E-state index is -0.452. The van der Waals surface area contributed by atoms with E-state index in [4.69, 9.17) is 16.3 Å². The molecule has 0 saturated carbocycles. The van der Waals surface area contributed by atoms with Crippen molar-refractivity contribution >= 4 is 17.5 Å². The van der Waals surface area contributed by atoms with Gasteiger partial charge in [-0.05, 0) is 29.7 Å². The Morgan fingerprint density at radius 2 is 1.92 bits per heavy atom. The average Bonchev–Trinajstić information content (AvgIpc) is 3.06. The van der Waals surface area contributed by atoms with Crippen molar-refractivity contribution in [1.29, 1.82) is 0 Å². The standard InChI is InChI=1S/C19H21ClN2O3/c20-16-7-3-4-8-18(16)25-12-14-6-2-1-5-13(14)10-22-19(24)17-9-15(23)11-21-17/h1-8,15,17,21,23H,9-12H2,(H,22,24). The minimum Gasteiger partial charge on any atom is -0.487 e. The van der Waals surface area contributed by atoms with Crippen LogP contribution in [0.25, 0.3) is 0 Å². The van der Waals surface area contributed by atoms with E-state index < -0.39 is 6.10 Å². The van der Waals surface area contributed by atoms with Crippen LogP contribution in [0.2, 0.25) is 5.02 Å². The van der Waals surface area contributed by atoms with Crippen molar-refractivity contribution in [3.8, 4) is 5.75 Å². The summed E-state index contributed by atoms with van der Waals surface area (Å²) < 4.78 is 5.79. The monoisotopic (exact) mass is 360 g/mol. The number of para-hydroxylation sites is 1. The van der Waals surface area contributed by atoms with Crippen molar-refractivity contribution in [1.82, 2.24) is 10.6 Å². The van der Waals surface area contributed by atoms with Gasteiger partial charge >= 0.3 is 0 Å². The molecule has 1 fully saturated rings. The zero-order chi connectivity index (χ0) is 17.6. The Morgan fingerprint density at radius 1 is 1.20 bits per heavy atom. The van der Waals surface area contributed by atoms with Crippen molar-refractivity contribution in [2.24, 2.45) is 0 Å². The first-order valence-electron chi connectivity index (χ1n) is 8.27. The Balaban J connectivity index is 1.59. The van der Waals surface area contributed by atoms with Gasteiger partial charge in [-0.2, -0.15) is 0 Å². The van der Waals surface area contributed by atoms with E-state index in [2.05, 4.69) is 10.6 Å². The lowest BCUT2D eigenvalue weighted by Crippen LogP contribution is -2.40. The van der Waals surface area contributed by atoms with Crippen molar-refractivity contribution < 1.29 is 14.6 Å². The van der Waals surface area contributed by atoms with Crippen molar-refractivity contribution in [3.63, 3.8) is 0 Å². The molecule has 2 unspecified atom stereocenters. The van der Waals surface area contributed by atoms with Crippen LogP contribution in [0.15, 0.2) is 48.5 Å².